The summed E-state index contributed by atoms with van der Waals surface area (Å²) >= 11 is 0. The van der Waals surface area contributed by atoms with Gasteiger partial charge in [-0.15, -0.1) is 0 Å². The van der Waals surface area contributed by atoms with E-state index in [-0.39, 0.29) is 18.6 Å². The van der Waals surface area contributed by atoms with Crippen molar-refractivity contribution in [3.63, 3.8) is 0 Å². The molecule has 0 saturated carbocycles. The summed E-state index contributed by atoms with van der Waals surface area (Å²) < 4.78 is 11.0. The number of benzene rings is 2. The highest BCUT2D eigenvalue weighted by molar-refractivity contribution is 5.77. The predicted octanol–water partition coefficient (Wildman–Crippen LogP) is 4.04. The molecule has 0 spiro atoms. The highest BCUT2D eigenvalue weighted by atomic mass is 16.5. The summed E-state index contributed by atoms with van der Waals surface area (Å²) in [4.78, 5) is 18.8. The largest absolute Gasteiger partial charge is 0.367 e. The molecule has 6 heteroatoms. The van der Waals surface area contributed by atoms with Crippen LogP contribution in [0.3, 0.4) is 0 Å². The van der Waals surface area contributed by atoms with Crippen LogP contribution in [0, 0.1) is 6.92 Å². The van der Waals surface area contributed by atoms with E-state index in [0.717, 1.165) is 11.1 Å². The Balaban J connectivity index is 1.52. The van der Waals surface area contributed by atoms with Gasteiger partial charge in [-0.1, -0.05) is 65.3 Å². The highest BCUT2D eigenvalue weighted by Gasteiger charge is 2.18. The molecule has 3 rings (SSSR count). The molecule has 0 aliphatic carbocycles. The van der Waals surface area contributed by atoms with E-state index in [1.807, 2.05) is 75.4 Å². The third-order valence-corrected chi connectivity index (χ3v) is 4.63. The molecule has 0 bridgehead atoms. The fourth-order valence-electron chi connectivity index (χ4n) is 2.98. The Labute approximate surface area is 171 Å². The Kier molecular flexibility index (Phi) is 7.14. The second-order valence-corrected chi connectivity index (χ2v) is 7.29. The lowest BCUT2D eigenvalue weighted by molar-refractivity contribution is -0.138. The molecule has 0 radical (unpaired) electrons. The molecule has 1 amide bonds. The molecule has 0 unspecified atom stereocenters. The zero-order chi connectivity index (χ0) is 20.6. The van der Waals surface area contributed by atoms with Crippen molar-refractivity contribution < 1.29 is 14.1 Å². The van der Waals surface area contributed by atoms with Gasteiger partial charge in [-0.05, 0) is 26.3 Å². The number of nitrogens with zero attached hydrogens (tertiary/aromatic N) is 3. The van der Waals surface area contributed by atoms with Crippen molar-refractivity contribution >= 4 is 5.91 Å². The fourth-order valence-corrected chi connectivity index (χ4v) is 2.98. The molecule has 6 nitrogen and oxygen atoms in total. The maximum Gasteiger partial charge on any atom is 0.248 e. The summed E-state index contributed by atoms with van der Waals surface area (Å²) in [5.41, 5.74) is 3.14. The Bertz CT molecular complexity index is 905. The van der Waals surface area contributed by atoms with E-state index in [9.17, 15) is 4.79 Å². The monoisotopic (exact) mass is 393 g/mol. The van der Waals surface area contributed by atoms with E-state index in [1.165, 1.54) is 5.56 Å². The van der Waals surface area contributed by atoms with Gasteiger partial charge >= 0.3 is 0 Å². The standard InChI is InChI=1S/C23H27N3O3/c1-17(2)26(22(27)16-28-15-19-7-5-4-6-8-19)14-13-21-24-23(25-29-21)20-11-9-18(3)10-12-20/h4-12,17H,13-16H2,1-3H3. The van der Waals surface area contributed by atoms with Crippen LogP contribution < -0.4 is 0 Å². The van der Waals surface area contributed by atoms with Gasteiger partial charge in [-0.3, -0.25) is 4.79 Å². The second-order valence-electron chi connectivity index (χ2n) is 7.29. The average Bonchev–Trinajstić information content (AvgIpc) is 3.18. The summed E-state index contributed by atoms with van der Waals surface area (Å²) in [6.07, 6.45) is 0.501. The number of hydrogen-bond acceptors (Lipinski definition) is 5. The molecule has 1 aromatic heterocycles. The van der Waals surface area contributed by atoms with Crippen LogP contribution in [0.5, 0.6) is 0 Å². The van der Waals surface area contributed by atoms with E-state index in [0.29, 0.717) is 31.3 Å². The average molecular weight is 393 g/mol. The Hall–Kier alpha value is -2.99. The molecule has 29 heavy (non-hydrogen) atoms. The summed E-state index contributed by atoms with van der Waals surface area (Å²) in [5, 5.41) is 4.05. The van der Waals surface area contributed by atoms with E-state index in [4.69, 9.17) is 9.26 Å². The molecule has 0 N–H and O–H groups in total. The molecule has 3 aromatic rings. The molecular weight excluding hydrogens is 366 g/mol. The van der Waals surface area contributed by atoms with Gasteiger partial charge in [0, 0.05) is 24.6 Å². The van der Waals surface area contributed by atoms with Gasteiger partial charge in [-0.2, -0.15) is 4.98 Å². The minimum absolute atomic E-state index is 0.0470. The predicted molar refractivity (Wildman–Crippen MR) is 111 cm³/mol. The van der Waals surface area contributed by atoms with E-state index >= 15 is 0 Å². The van der Waals surface area contributed by atoms with Crippen molar-refractivity contribution in [2.75, 3.05) is 13.2 Å². The van der Waals surface area contributed by atoms with Gasteiger partial charge in [0.05, 0.1) is 6.61 Å². The third-order valence-electron chi connectivity index (χ3n) is 4.63. The van der Waals surface area contributed by atoms with E-state index in [2.05, 4.69) is 10.1 Å². The maximum absolute atomic E-state index is 12.6. The van der Waals surface area contributed by atoms with Gasteiger partial charge in [0.25, 0.3) is 0 Å². The van der Waals surface area contributed by atoms with Gasteiger partial charge in [0.2, 0.25) is 17.6 Å². The molecule has 1 heterocycles. The molecule has 0 aliphatic heterocycles. The van der Waals surface area contributed by atoms with Crippen LogP contribution in [-0.4, -0.2) is 40.1 Å². The molecule has 0 fully saturated rings. The van der Waals surface area contributed by atoms with Crippen molar-refractivity contribution in [2.45, 2.75) is 39.8 Å². The van der Waals surface area contributed by atoms with Gasteiger partial charge in [-0.25, -0.2) is 0 Å². The fraction of sp³-hybridized carbons (Fsp3) is 0.348. The van der Waals surface area contributed by atoms with Crippen molar-refractivity contribution in [3.05, 3.63) is 71.6 Å². The lowest BCUT2D eigenvalue weighted by Gasteiger charge is -2.26. The Morgan fingerprint density at radius 3 is 2.52 bits per heavy atom. The van der Waals surface area contributed by atoms with Crippen LogP contribution in [0.1, 0.15) is 30.9 Å². The Morgan fingerprint density at radius 2 is 1.83 bits per heavy atom. The molecular formula is C23H27N3O3. The Morgan fingerprint density at radius 1 is 1.10 bits per heavy atom. The lowest BCUT2D eigenvalue weighted by Crippen LogP contribution is -2.40. The number of amides is 1. The number of carbonyl (C=O) groups is 1. The third kappa shape index (κ3) is 5.99. The van der Waals surface area contributed by atoms with Crippen LogP contribution in [-0.2, 0) is 22.6 Å². The minimum Gasteiger partial charge on any atom is -0.367 e. The lowest BCUT2D eigenvalue weighted by atomic mass is 10.1. The molecule has 0 saturated heterocycles. The normalized spacial score (nSPS) is 11.0. The van der Waals surface area contributed by atoms with Gasteiger partial charge < -0.3 is 14.2 Å². The second kappa shape index (κ2) is 9.98. The zero-order valence-corrected chi connectivity index (χ0v) is 17.2. The minimum atomic E-state index is -0.0470. The molecule has 2 aromatic carbocycles. The first-order chi connectivity index (χ1) is 14.0. The summed E-state index contributed by atoms with van der Waals surface area (Å²) in [7, 11) is 0. The SMILES string of the molecule is Cc1ccc(-c2noc(CCN(C(=O)COCc3ccccc3)C(C)C)n2)cc1. The van der Waals surface area contributed by atoms with Gasteiger partial charge in [0.15, 0.2) is 0 Å². The van der Waals surface area contributed by atoms with Crippen molar-refractivity contribution in [2.24, 2.45) is 0 Å². The molecule has 0 atom stereocenters. The zero-order valence-electron chi connectivity index (χ0n) is 17.2. The van der Waals surface area contributed by atoms with Crippen LogP contribution in [0.4, 0.5) is 0 Å². The van der Waals surface area contributed by atoms with Crippen LogP contribution in [0.15, 0.2) is 59.1 Å². The van der Waals surface area contributed by atoms with E-state index in [1.54, 1.807) is 4.90 Å². The first-order valence-electron chi connectivity index (χ1n) is 9.83. The summed E-state index contributed by atoms with van der Waals surface area (Å²) in [6.45, 7) is 6.97. The smallest absolute Gasteiger partial charge is 0.248 e. The number of rotatable bonds is 9. The summed E-state index contributed by atoms with van der Waals surface area (Å²) in [6, 6.07) is 17.8. The molecule has 0 aliphatic rings. The topological polar surface area (TPSA) is 68.5 Å². The number of aromatic nitrogens is 2. The first-order valence-corrected chi connectivity index (χ1v) is 9.83. The maximum atomic E-state index is 12.6. The van der Waals surface area contributed by atoms with Crippen LogP contribution >= 0.6 is 0 Å². The highest BCUT2D eigenvalue weighted by Crippen LogP contribution is 2.16. The van der Waals surface area contributed by atoms with Crippen molar-refractivity contribution in [3.8, 4) is 11.4 Å². The van der Waals surface area contributed by atoms with Crippen LogP contribution in [0.25, 0.3) is 11.4 Å². The summed E-state index contributed by atoms with van der Waals surface area (Å²) in [5.74, 6) is 1.03. The number of carbonyl (C=O) groups excluding carboxylic acids is 1. The van der Waals surface area contributed by atoms with E-state index < -0.39 is 0 Å². The number of ether oxygens (including phenoxy) is 1. The number of aryl methyl sites for hydroxylation is 1. The van der Waals surface area contributed by atoms with Gasteiger partial charge in [0.1, 0.15) is 6.61 Å². The van der Waals surface area contributed by atoms with Crippen molar-refractivity contribution in [1.29, 1.82) is 0 Å². The first kappa shape index (κ1) is 20.7. The number of hydrogen-bond donors (Lipinski definition) is 0. The molecule has 152 valence electrons. The quantitative estimate of drug-likeness (QED) is 0.549. The van der Waals surface area contributed by atoms with Crippen LogP contribution in [0.2, 0.25) is 0 Å². The van der Waals surface area contributed by atoms with Crippen molar-refractivity contribution in [1.82, 2.24) is 15.0 Å².